The summed E-state index contributed by atoms with van der Waals surface area (Å²) in [7, 11) is 0. The molecule has 0 unspecified atom stereocenters. The Labute approximate surface area is 108 Å². The molecule has 0 aliphatic carbocycles. The predicted molar refractivity (Wildman–Crippen MR) is 69.2 cm³/mol. The van der Waals surface area contributed by atoms with Gasteiger partial charge in [-0.25, -0.2) is 4.79 Å². The van der Waals surface area contributed by atoms with Crippen LogP contribution in [0.15, 0.2) is 18.2 Å². The maximum absolute atomic E-state index is 11.9. The first-order chi connectivity index (χ1) is 8.54. The number of esters is 1. The highest BCUT2D eigenvalue weighted by Crippen LogP contribution is 2.33. The Morgan fingerprint density at radius 2 is 2.11 bits per heavy atom. The van der Waals surface area contributed by atoms with Crippen LogP contribution in [0.1, 0.15) is 22.2 Å². The number of carbonyl (C=O) groups is 2. The summed E-state index contributed by atoms with van der Waals surface area (Å²) in [6.45, 7) is 3.61. The lowest BCUT2D eigenvalue weighted by molar-refractivity contribution is -0.137. The number of fused-ring (bicyclic) bond motifs is 1. The van der Waals surface area contributed by atoms with Crippen molar-refractivity contribution in [3.05, 3.63) is 28.6 Å². The molecule has 0 fully saturated rings. The molecule has 0 aliphatic heterocycles. The van der Waals surface area contributed by atoms with Gasteiger partial charge in [0, 0.05) is 4.70 Å². The van der Waals surface area contributed by atoms with Crippen LogP contribution in [0.4, 0.5) is 0 Å². The number of benzene rings is 1. The maximum Gasteiger partial charge on any atom is 0.380 e. The van der Waals surface area contributed by atoms with Gasteiger partial charge in [0.1, 0.15) is 5.75 Å². The zero-order chi connectivity index (χ0) is 13.3. The normalized spacial score (nSPS) is 10.6. The molecule has 0 saturated heterocycles. The van der Waals surface area contributed by atoms with Gasteiger partial charge < -0.3 is 9.84 Å². The van der Waals surface area contributed by atoms with Crippen LogP contribution in [-0.4, -0.2) is 23.5 Å². The van der Waals surface area contributed by atoms with Crippen LogP contribution in [0.3, 0.4) is 0 Å². The number of phenols is 1. The van der Waals surface area contributed by atoms with Gasteiger partial charge in [-0.3, -0.25) is 4.79 Å². The molecule has 0 radical (unpaired) electrons. The minimum Gasteiger partial charge on any atom is -0.508 e. The van der Waals surface area contributed by atoms with E-state index in [1.165, 1.54) is 11.3 Å². The molecule has 0 amide bonds. The van der Waals surface area contributed by atoms with Crippen molar-refractivity contribution in [3.63, 3.8) is 0 Å². The summed E-state index contributed by atoms with van der Waals surface area (Å²) in [6.07, 6.45) is 0. The lowest BCUT2D eigenvalue weighted by Gasteiger charge is -1.99. The number of thiophene rings is 1. The molecule has 0 saturated carbocycles. The van der Waals surface area contributed by atoms with Crippen molar-refractivity contribution >= 4 is 33.2 Å². The average molecular weight is 264 g/mol. The summed E-state index contributed by atoms with van der Waals surface area (Å²) >= 11 is 1.19. The molecule has 1 aromatic heterocycles. The monoisotopic (exact) mass is 264 g/mol. The first-order valence-electron chi connectivity index (χ1n) is 5.48. The van der Waals surface area contributed by atoms with E-state index < -0.39 is 11.8 Å². The zero-order valence-electron chi connectivity index (χ0n) is 10.0. The van der Waals surface area contributed by atoms with Gasteiger partial charge in [-0.1, -0.05) is 0 Å². The van der Waals surface area contributed by atoms with Gasteiger partial charge in [0.25, 0.3) is 5.78 Å². The quantitative estimate of drug-likeness (QED) is 0.526. The molecule has 2 aromatic rings. The Balaban J connectivity index is 2.49. The number of carbonyl (C=O) groups excluding carboxylic acids is 2. The molecular formula is C13H12O4S. The van der Waals surface area contributed by atoms with E-state index in [0.29, 0.717) is 4.88 Å². The Kier molecular flexibility index (Phi) is 3.34. The van der Waals surface area contributed by atoms with Crippen molar-refractivity contribution in [1.82, 2.24) is 0 Å². The highest BCUT2D eigenvalue weighted by Gasteiger charge is 2.23. The van der Waals surface area contributed by atoms with Crippen molar-refractivity contribution in [2.45, 2.75) is 13.8 Å². The van der Waals surface area contributed by atoms with Crippen molar-refractivity contribution in [2.24, 2.45) is 0 Å². The van der Waals surface area contributed by atoms with Crippen LogP contribution in [0, 0.1) is 6.92 Å². The fraction of sp³-hybridized carbons (Fsp3) is 0.231. The number of phenolic OH excluding ortho intramolecular Hbond substituents is 1. The summed E-state index contributed by atoms with van der Waals surface area (Å²) in [5, 5.41) is 10.3. The molecule has 5 heteroatoms. The first kappa shape index (κ1) is 12.6. The second kappa shape index (κ2) is 4.78. The van der Waals surface area contributed by atoms with Gasteiger partial charge >= 0.3 is 5.97 Å². The van der Waals surface area contributed by atoms with E-state index in [1.54, 1.807) is 32.0 Å². The molecule has 2 rings (SSSR count). The molecule has 0 spiro atoms. The van der Waals surface area contributed by atoms with E-state index in [9.17, 15) is 14.7 Å². The number of ether oxygens (including phenoxy) is 1. The standard InChI is InChI=1S/C13H12O4S/c1-3-17-13(16)11(15)12-7(2)9-5-4-8(14)6-10(9)18-12/h4-6,14H,3H2,1-2H3. The summed E-state index contributed by atoms with van der Waals surface area (Å²) in [4.78, 5) is 23.7. The summed E-state index contributed by atoms with van der Waals surface area (Å²) in [5.41, 5.74) is 0.744. The van der Waals surface area contributed by atoms with E-state index in [2.05, 4.69) is 0 Å². The highest BCUT2D eigenvalue weighted by molar-refractivity contribution is 7.21. The highest BCUT2D eigenvalue weighted by atomic mass is 32.1. The molecule has 0 aliphatic rings. The van der Waals surface area contributed by atoms with Crippen LogP contribution in [0.25, 0.3) is 10.1 Å². The third-order valence-corrected chi connectivity index (χ3v) is 3.84. The SMILES string of the molecule is CCOC(=O)C(=O)c1sc2cc(O)ccc2c1C. The van der Waals surface area contributed by atoms with E-state index in [1.807, 2.05) is 0 Å². The lowest BCUT2D eigenvalue weighted by atomic mass is 10.1. The van der Waals surface area contributed by atoms with Crippen molar-refractivity contribution in [2.75, 3.05) is 6.61 Å². The minimum atomic E-state index is -0.837. The number of rotatable bonds is 3. The van der Waals surface area contributed by atoms with Gasteiger partial charge in [-0.15, -0.1) is 11.3 Å². The Morgan fingerprint density at radius 3 is 2.78 bits per heavy atom. The maximum atomic E-state index is 11.9. The largest absolute Gasteiger partial charge is 0.508 e. The van der Waals surface area contributed by atoms with Gasteiger partial charge in [-0.05, 0) is 43.0 Å². The van der Waals surface area contributed by atoms with E-state index in [0.717, 1.165) is 15.6 Å². The topological polar surface area (TPSA) is 63.6 Å². The van der Waals surface area contributed by atoms with E-state index in [-0.39, 0.29) is 12.4 Å². The molecule has 18 heavy (non-hydrogen) atoms. The van der Waals surface area contributed by atoms with E-state index >= 15 is 0 Å². The smallest absolute Gasteiger partial charge is 0.380 e. The van der Waals surface area contributed by atoms with Gasteiger partial charge in [-0.2, -0.15) is 0 Å². The average Bonchev–Trinajstić information content (AvgIpc) is 2.65. The Hall–Kier alpha value is -1.88. The summed E-state index contributed by atoms with van der Waals surface area (Å²) < 4.78 is 5.48. The fourth-order valence-electron chi connectivity index (χ4n) is 1.72. The second-order valence-electron chi connectivity index (χ2n) is 3.79. The third-order valence-electron chi connectivity index (χ3n) is 2.59. The zero-order valence-corrected chi connectivity index (χ0v) is 10.8. The molecule has 0 bridgehead atoms. The van der Waals surface area contributed by atoms with Crippen LogP contribution in [0.5, 0.6) is 5.75 Å². The van der Waals surface area contributed by atoms with Gasteiger partial charge in [0.2, 0.25) is 0 Å². The molecule has 0 atom stereocenters. The summed E-state index contributed by atoms with van der Waals surface area (Å²) in [6, 6.07) is 4.87. The van der Waals surface area contributed by atoms with Gasteiger partial charge in [0.15, 0.2) is 0 Å². The van der Waals surface area contributed by atoms with Crippen molar-refractivity contribution in [1.29, 1.82) is 0 Å². The number of hydrogen-bond acceptors (Lipinski definition) is 5. The van der Waals surface area contributed by atoms with Gasteiger partial charge in [0.05, 0.1) is 11.5 Å². The molecule has 1 N–H and O–H groups in total. The molecule has 1 aromatic carbocycles. The number of ketones is 1. The summed E-state index contributed by atoms with van der Waals surface area (Å²) in [5.74, 6) is -1.33. The molecule has 4 nitrogen and oxygen atoms in total. The number of Topliss-reactive ketones (excluding diaryl/α,β-unsaturated/α-hetero) is 1. The molecular weight excluding hydrogens is 252 g/mol. The number of aromatic hydroxyl groups is 1. The predicted octanol–water partition coefficient (Wildman–Crippen LogP) is 2.66. The van der Waals surface area contributed by atoms with E-state index in [4.69, 9.17) is 4.74 Å². The first-order valence-corrected chi connectivity index (χ1v) is 6.29. The Bertz CT molecular complexity index is 627. The number of aryl methyl sites for hydroxylation is 1. The molecule has 94 valence electrons. The van der Waals surface area contributed by atoms with Crippen molar-refractivity contribution in [3.8, 4) is 5.75 Å². The van der Waals surface area contributed by atoms with Crippen molar-refractivity contribution < 1.29 is 19.4 Å². The van der Waals surface area contributed by atoms with Crippen LogP contribution >= 0.6 is 11.3 Å². The number of hydrogen-bond donors (Lipinski definition) is 1. The van der Waals surface area contributed by atoms with Crippen LogP contribution < -0.4 is 0 Å². The van der Waals surface area contributed by atoms with Crippen LogP contribution in [0.2, 0.25) is 0 Å². The molecule has 1 heterocycles. The fourth-order valence-corrected chi connectivity index (χ4v) is 2.89. The Morgan fingerprint density at radius 1 is 1.39 bits per heavy atom. The second-order valence-corrected chi connectivity index (χ2v) is 4.84. The third kappa shape index (κ3) is 2.09. The lowest BCUT2D eigenvalue weighted by Crippen LogP contribution is -2.17. The van der Waals surface area contributed by atoms with Crippen LogP contribution in [-0.2, 0) is 9.53 Å². The minimum absolute atomic E-state index is 0.138.